The van der Waals surface area contributed by atoms with Gasteiger partial charge in [-0.15, -0.1) is 24.0 Å². The summed E-state index contributed by atoms with van der Waals surface area (Å²) in [5.41, 5.74) is 1.17. The zero-order chi connectivity index (χ0) is 18.3. The molecule has 0 bridgehead atoms. The van der Waals surface area contributed by atoms with Crippen molar-refractivity contribution in [1.82, 2.24) is 14.9 Å². The van der Waals surface area contributed by atoms with E-state index in [1.807, 2.05) is 19.1 Å². The van der Waals surface area contributed by atoms with Gasteiger partial charge in [0.1, 0.15) is 0 Å². The SMILES string of the molecule is CCCS(=O)(=O)N1CCC(NC(=NC)NCc2ccc(Br)cc2)CC1.I. The molecule has 0 unspecified atom stereocenters. The molecule has 26 heavy (non-hydrogen) atoms. The monoisotopic (exact) mass is 558 g/mol. The van der Waals surface area contributed by atoms with Crippen molar-refractivity contribution in [3.05, 3.63) is 34.3 Å². The van der Waals surface area contributed by atoms with Crippen LogP contribution in [0, 0.1) is 0 Å². The van der Waals surface area contributed by atoms with E-state index in [4.69, 9.17) is 0 Å². The lowest BCUT2D eigenvalue weighted by molar-refractivity contribution is 0.306. The maximum atomic E-state index is 12.1. The van der Waals surface area contributed by atoms with Crippen molar-refractivity contribution in [2.24, 2.45) is 4.99 Å². The first-order chi connectivity index (χ1) is 11.9. The van der Waals surface area contributed by atoms with Gasteiger partial charge in [-0.2, -0.15) is 0 Å². The number of rotatable bonds is 6. The zero-order valence-corrected chi connectivity index (χ0v) is 20.0. The van der Waals surface area contributed by atoms with Crippen molar-refractivity contribution in [3.8, 4) is 0 Å². The highest BCUT2D eigenvalue weighted by Gasteiger charge is 2.27. The summed E-state index contributed by atoms with van der Waals surface area (Å²) < 4.78 is 26.9. The van der Waals surface area contributed by atoms with Gasteiger partial charge in [0.25, 0.3) is 0 Å². The van der Waals surface area contributed by atoms with E-state index in [-0.39, 0.29) is 35.8 Å². The largest absolute Gasteiger partial charge is 0.354 e. The summed E-state index contributed by atoms with van der Waals surface area (Å²) in [6.07, 6.45) is 2.25. The number of guanidine groups is 1. The Labute approximate surface area is 182 Å². The van der Waals surface area contributed by atoms with E-state index in [2.05, 4.69) is 43.7 Å². The van der Waals surface area contributed by atoms with E-state index in [9.17, 15) is 8.42 Å². The molecule has 1 aliphatic rings. The lowest BCUT2D eigenvalue weighted by atomic mass is 10.1. The van der Waals surface area contributed by atoms with Crippen LogP contribution in [0.5, 0.6) is 0 Å². The predicted molar refractivity (Wildman–Crippen MR) is 122 cm³/mol. The van der Waals surface area contributed by atoms with E-state index in [1.165, 1.54) is 5.56 Å². The Balaban J connectivity index is 0.00000338. The lowest BCUT2D eigenvalue weighted by Crippen LogP contribution is -2.49. The maximum absolute atomic E-state index is 12.1. The summed E-state index contributed by atoms with van der Waals surface area (Å²) in [6.45, 7) is 3.73. The first-order valence-electron chi connectivity index (χ1n) is 8.64. The molecular formula is C17H28BrIN4O2S. The molecule has 1 aliphatic heterocycles. The smallest absolute Gasteiger partial charge is 0.214 e. The fourth-order valence-electron chi connectivity index (χ4n) is 2.84. The summed E-state index contributed by atoms with van der Waals surface area (Å²) in [5, 5.41) is 6.71. The molecule has 9 heteroatoms. The molecule has 0 spiro atoms. The van der Waals surface area contributed by atoms with Crippen molar-refractivity contribution in [2.45, 2.75) is 38.8 Å². The Bertz CT molecular complexity index is 675. The molecule has 6 nitrogen and oxygen atoms in total. The van der Waals surface area contributed by atoms with Gasteiger partial charge in [0, 0.05) is 37.2 Å². The number of aliphatic imine (C=N–C) groups is 1. The standard InChI is InChI=1S/C17H27BrN4O2S.HI/c1-3-12-25(23,24)22-10-8-16(9-11-22)21-17(19-2)20-13-14-4-6-15(18)7-5-14;/h4-7,16H,3,8-13H2,1-2H3,(H2,19,20,21);1H. The predicted octanol–water partition coefficient (Wildman–Crippen LogP) is 2.94. The number of piperidine rings is 1. The fourth-order valence-corrected chi connectivity index (χ4v) is 4.65. The van der Waals surface area contributed by atoms with E-state index >= 15 is 0 Å². The van der Waals surface area contributed by atoms with Crippen LogP contribution in [-0.2, 0) is 16.6 Å². The summed E-state index contributed by atoms with van der Waals surface area (Å²) >= 11 is 3.43. The Hall–Kier alpha value is -0.390. The third-order valence-electron chi connectivity index (χ3n) is 4.25. The number of benzene rings is 1. The number of nitrogens with zero attached hydrogens (tertiary/aromatic N) is 2. The molecule has 0 saturated carbocycles. The third-order valence-corrected chi connectivity index (χ3v) is 6.85. The molecule has 0 amide bonds. The van der Waals surface area contributed by atoms with E-state index in [1.54, 1.807) is 11.4 Å². The van der Waals surface area contributed by atoms with Crippen LogP contribution in [0.4, 0.5) is 0 Å². The van der Waals surface area contributed by atoms with Gasteiger partial charge in [0.2, 0.25) is 10.0 Å². The molecule has 0 radical (unpaired) electrons. The number of hydrogen-bond donors (Lipinski definition) is 2. The van der Waals surface area contributed by atoms with Gasteiger partial charge in [0.05, 0.1) is 5.75 Å². The Morgan fingerprint density at radius 3 is 2.42 bits per heavy atom. The number of hydrogen-bond acceptors (Lipinski definition) is 3. The first-order valence-corrected chi connectivity index (χ1v) is 11.0. The first kappa shape index (κ1) is 23.6. The lowest BCUT2D eigenvalue weighted by Gasteiger charge is -2.32. The molecule has 0 aliphatic carbocycles. The van der Waals surface area contributed by atoms with Gasteiger partial charge in [-0.25, -0.2) is 12.7 Å². The Kier molecular flexibility index (Phi) is 10.4. The van der Waals surface area contributed by atoms with Crippen LogP contribution in [0.1, 0.15) is 31.7 Å². The van der Waals surface area contributed by atoms with Crippen molar-refractivity contribution in [2.75, 3.05) is 25.9 Å². The minimum absolute atomic E-state index is 0. The molecule has 1 heterocycles. The molecular weight excluding hydrogens is 531 g/mol. The van der Waals surface area contributed by atoms with Gasteiger partial charge in [-0.3, -0.25) is 4.99 Å². The molecule has 1 fully saturated rings. The second kappa shape index (κ2) is 11.5. The summed E-state index contributed by atoms with van der Waals surface area (Å²) in [7, 11) is -1.34. The minimum atomic E-state index is -3.08. The van der Waals surface area contributed by atoms with E-state index in [0.29, 0.717) is 26.1 Å². The Morgan fingerprint density at radius 2 is 1.88 bits per heavy atom. The minimum Gasteiger partial charge on any atom is -0.354 e. The van der Waals surface area contributed by atoms with Crippen molar-refractivity contribution < 1.29 is 8.42 Å². The van der Waals surface area contributed by atoms with Crippen molar-refractivity contribution in [3.63, 3.8) is 0 Å². The summed E-state index contributed by atoms with van der Waals surface area (Å²) in [6, 6.07) is 8.38. The zero-order valence-electron chi connectivity index (χ0n) is 15.2. The molecule has 0 aromatic heterocycles. The highest BCUT2D eigenvalue weighted by molar-refractivity contribution is 14.0. The van der Waals surface area contributed by atoms with Crippen LogP contribution in [0.3, 0.4) is 0 Å². The second-order valence-corrected chi connectivity index (χ2v) is 9.19. The quantitative estimate of drug-likeness (QED) is 0.320. The summed E-state index contributed by atoms with van der Waals surface area (Å²) in [4.78, 5) is 4.27. The highest BCUT2D eigenvalue weighted by Crippen LogP contribution is 2.15. The third kappa shape index (κ3) is 7.32. The molecule has 1 saturated heterocycles. The van der Waals surface area contributed by atoms with Crippen LogP contribution < -0.4 is 10.6 Å². The molecule has 1 aromatic carbocycles. The number of halogens is 2. The summed E-state index contributed by atoms with van der Waals surface area (Å²) in [5.74, 6) is 0.986. The highest BCUT2D eigenvalue weighted by atomic mass is 127. The topological polar surface area (TPSA) is 73.8 Å². The van der Waals surface area contributed by atoms with Gasteiger partial charge in [-0.05, 0) is 37.0 Å². The van der Waals surface area contributed by atoms with E-state index < -0.39 is 10.0 Å². The van der Waals surface area contributed by atoms with Gasteiger partial charge >= 0.3 is 0 Å². The van der Waals surface area contributed by atoms with Crippen LogP contribution in [-0.4, -0.2) is 50.6 Å². The van der Waals surface area contributed by atoms with Gasteiger partial charge in [0.15, 0.2) is 5.96 Å². The average Bonchev–Trinajstić information content (AvgIpc) is 2.60. The Morgan fingerprint density at radius 1 is 1.27 bits per heavy atom. The second-order valence-electron chi connectivity index (χ2n) is 6.19. The van der Waals surface area contributed by atoms with Crippen LogP contribution in [0.25, 0.3) is 0 Å². The maximum Gasteiger partial charge on any atom is 0.214 e. The molecule has 0 atom stereocenters. The molecule has 1 aromatic rings. The van der Waals surface area contributed by atoms with Crippen LogP contribution >= 0.6 is 39.9 Å². The molecule has 148 valence electrons. The van der Waals surface area contributed by atoms with E-state index in [0.717, 1.165) is 23.3 Å². The van der Waals surface area contributed by atoms with Gasteiger partial charge < -0.3 is 10.6 Å². The van der Waals surface area contributed by atoms with Crippen LogP contribution in [0.2, 0.25) is 0 Å². The fraction of sp³-hybridized carbons (Fsp3) is 0.588. The molecule has 2 N–H and O–H groups in total. The normalized spacial score (nSPS) is 16.8. The number of sulfonamides is 1. The van der Waals surface area contributed by atoms with Crippen LogP contribution in [0.15, 0.2) is 33.7 Å². The van der Waals surface area contributed by atoms with Gasteiger partial charge in [-0.1, -0.05) is 35.0 Å². The van der Waals surface area contributed by atoms with Crippen molar-refractivity contribution >= 4 is 55.9 Å². The average molecular weight is 559 g/mol. The molecule has 2 rings (SSSR count). The van der Waals surface area contributed by atoms with Crippen molar-refractivity contribution in [1.29, 1.82) is 0 Å². The number of nitrogens with one attached hydrogen (secondary N) is 2.